The minimum atomic E-state index is -1.75. The quantitative estimate of drug-likeness (QED) is 0.0249. The standard InChI is InChI=1S/C60H50O30/c61-49(39-19-7-1-8-20-39)79-85-55(67)73-33-31-45(35-75-57(69)87-81-51(63)41-23-11-3-12-24-41)47(37-77-59(71)89-83-53(65)43-27-15-5-16-28-43)48(38-78-60(72)90-84-54(66)44-29-17-6-18-30-44)46(36-76-58(70)88-82-52(64)42-25-13-4-14-26-42)32-34-74-56(68)86-80-50(62)40-21-9-2-10-22-40/h1-30,45-48H,31-38H2. The molecular formula is C60H50O30. The molecule has 470 valence electrons. The molecule has 0 aromatic heterocycles. The smallest absolute Gasteiger partial charge is 0.432 e. The van der Waals surface area contributed by atoms with E-state index in [-0.39, 0.29) is 33.4 Å². The van der Waals surface area contributed by atoms with Crippen molar-refractivity contribution in [1.29, 1.82) is 0 Å². The summed E-state index contributed by atoms with van der Waals surface area (Å²) in [6, 6.07) is 42.9. The maximum atomic E-state index is 13.4. The van der Waals surface area contributed by atoms with Crippen LogP contribution in [0.5, 0.6) is 0 Å². The molecule has 4 atom stereocenters. The molecular weight excluding hydrogens is 1200 g/mol. The molecule has 6 aromatic rings. The fraction of sp³-hybridized carbons (Fsp3) is 0.200. The zero-order chi connectivity index (χ0) is 64.3. The third-order valence-corrected chi connectivity index (χ3v) is 12.0. The van der Waals surface area contributed by atoms with E-state index in [1.54, 1.807) is 36.4 Å². The second-order valence-electron chi connectivity index (χ2n) is 17.8. The number of ether oxygens (including phenoxy) is 6. The normalized spacial score (nSPS) is 11.6. The van der Waals surface area contributed by atoms with Crippen LogP contribution in [0.4, 0.5) is 28.8 Å². The highest BCUT2D eigenvalue weighted by atomic mass is 17.3. The van der Waals surface area contributed by atoms with Gasteiger partial charge in [-0.25, -0.2) is 87.4 Å². The summed E-state index contributed by atoms with van der Waals surface area (Å²) in [6.45, 7) is -5.71. The maximum Gasteiger partial charge on any atom is 0.549 e. The highest BCUT2D eigenvalue weighted by Gasteiger charge is 2.40. The summed E-state index contributed by atoms with van der Waals surface area (Å²) in [5.74, 6) is -13.3. The van der Waals surface area contributed by atoms with Crippen molar-refractivity contribution in [2.75, 3.05) is 39.6 Å². The molecule has 6 aromatic carbocycles. The lowest BCUT2D eigenvalue weighted by Crippen LogP contribution is -2.41. The van der Waals surface area contributed by atoms with E-state index in [2.05, 4.69) is 58.7 Å². The second kappa shape index (κ2) is 36.6. The van der Waals surface area contributed by atoms with E-state index < -0.39 is 149 Å². The zero-order valence-corrected chi connectivity index (χ0v) is 46.5. The third kappa shape index (κ3) is 23.7. The first-order valence-electron chi connectivity index (χ1n) is 26.3. The van der Waals surface area contributed by atoms with Crippen molar-refractivity contribution in [3.8, 4) is 0 Å². The van der Waals surface area contributed by atoms with Gasteiger partial charge in [-0.05, 0) is 85.6 Å². The molecule has 6 rings (SSSR count). The minimum absolute atomic E-state index is 0.0414. The first-order valence-corrected chi connectivity index (χ1v) is 26.3. The van der Waals surface area contributed by atoms with Crippen LogP contribution in [0.3, 0.4) is 0 Å². The van der Waals surface area contributed by atoms with E-state index in [0.29, 0.717) is 0 Å². The maximum absolute atomic E-state index is 13.4. The Kier molecular flexibility index (Phi) is 27.2. The van der Waals surface area contributed by atoms with E-state index >= 15 is 0 Å². The van der Waals surface area contributed by atoms with Crippen LogP contribution >= 0.6 is 0 Å². The van der Waals surface area contributed by atoms with Crippen LogP contribution in [0, 0.1) is 23.7 Å². The topological polar surface area (TPSA) is 371 Å². The van der Waals surface area contributed by atoms with Gasteiger partial charge in [-0.3, -0.25) is 0 Å². The molecule has 0 amide bonds. The Morgan fingerprint density at radius 1 is 0.222 bits per heavy atom. The molecule has 0 saturated heterocycles. The summed E-state index contributed by atoms with van der Waals surface area (Å²) in [4.78, 5) is 210. The Balaban J connectivity index is 1.34. The molecule has 0 fully saturated rings. The van der Waals surface area contributed by atoms with Crippen LogP contribution in [-0.2, 0) is 87.1 Å². The average Bonchev–Trinajstić information content (AvgIpc) is 3.24. The van der Waals surface area contributed by atoms with Crippen molar-refractivity contribution in [3.05, 3.63) is 215 Å². The summed E-state index contributed by atoms with van der Waals surface area (Å²) in [5, 5.41) is 0. The number of carbonyl (C=O) groups excluding carboxylic acids is 12. The Bertz CT molecular complexity index is 3110. The number of hydrogen-bond acceptors (Lipinski definition) is 30. The molecule has 0 saturated carbocycles. The molecule has 90 heavy (non-hydrogen) atoms. The summed E-state index contributed by atoms with van der Waals surface area (Å²) in [5.41, 5.74) is -0.419. The molecule has 0 heterocycles. The van der Waals surface area contributed by atoms with Crippen LogP contribution in [0.2, 0.25) is 0 Å². The molecule has 30 heteroatoms. The molecule has 0 bridgehead atoms. The SMILES string of the molecule is O=C(OCCC(COC(=O)OOC(=O)c1ccccc1)C(COC(=O)OOC(=O)c1ccccc1)C(COC(=O)OOC(=O)c1ccccc1)C(CCOC(=O)OOC(=O)c1ccccc1)COC(=O)OOC(=O)c1ccccc1)OOC(=O)c1ccccc1. The van der Waals surface area contributed by atoms with E-state index in [9.17, 15) is 57.5 Å². The van der Waals surface area contributed by atoms with Crippen molar-refractivity contribution >= 4 is 72.7 Å². The van der Waals surface area contributed by atoms with Gasteiger partial charge in [0.15, 0.2) is 0 Å². The van der Waals surface area contributed by atoms with Gasteiger partial charge in [0.2, 0.25) is 0 Å². The molecule has 0 radical (unpaired) electrons. The predicted molar refractivity (Wildman–Crippen MR) is 289 cm³/mol. The number of carbonyl (C=O) groups is 12. The minimum Gasteiger partial charge on any atom is -0.432 e. The second-order valence-corrected chi connectivity index (χ2v) is 17.8. The molecule has 0 spiro atoms. The van der Waals surface area contributed by atoms with Gasteiger partial charge in [0, 0.05) is 23.7 Å². The van der Waals surface area contributed by atoms with Gasteiger partial charge in [-0.1, -0.05) is 109 Å². The summed E-state index contributed by atoms with van der Waals surface area (Å²) in [7, 11) is 0. The fourth-order valence-corrected chi connectivity index (χ4v) is 7.64. The van der Waals surface area contributed by atoms with Gasteiger partial charge in [-0.15, -0.1) is 0 Å². The lowest BCUT2D eigenvalue weighted by atomic mass is 9.74. The van der Waals surface area contributed by atoms with Gasteiger partial charge >= 0.3 is 72.7 Å². The summed E-state index contributed by atoms with van der Waals surface area (Å²) < 4.78 is 31.8. The van der Waals surface area contributed by atoms with Crippen molar-refractivity contribution in [1.82, 2.24) is 0 Å². The predicted octanol–water partition coefficient (Wildman–Crippen LogP) is 9.78. The number of benzene rings is 6. The molecule has 30 nitrogen and oxygen atoms in total. The van der Waals surface area contributed by atoms with Gasteiger partial charge < -0.3 is 28.4 Å². The van der Waals surface area contributed by atoms with Crippen LogP contribution in [0.25, 0.3) is 0 Å². The van der Waals surface area contributed by atoms with Crippen LogP contribution < -0.4 is 0 Å². The first-order chi connectivity index (χ1) is 43.6. The van der Waals surface area contributed by atoms with E-state index in [1.165, 1.54) is 146 Å². The molecule has 0 N–H and O–H groups in total. The van der Waals surface area contributed by atoms with Gasteiger partial charge in [0.25, 0.3) is 0 Å². The van der Waals surface area contributed by atoms with E-state index in [1.807, 2.05) is 0 Å². The Hall–Kier alpha value is -12.2. The average molecular weight is 1250 g/mol. The highest BCUT2D eigenvalue weighted by Crippen LogP contribution is 2.34. The Morgan fingerprint density at radius 2 is 0.400 bits per heavy atom. The lowest BCUT2D eigenvalue weighted by Gasteiger charge is -2.36. The van der Waals surface area contributed by atoms with Crippen LogP contribution in [0.1, 0.15) is 75.0 Å². The van der Waals surface area contributed by atoms with Crippen LogP contribution in [-0.4, -0.2) is 112 Å². The van der Waals surface area contributed by atoms with E-state index in [0.717, 1.165) is 0 Å². The monoisotopic (exact) mass is 1250 g/mol. The number of rotatable bonds is 23. The van der Waals surface area contributed by atoms with Crippen molar-refractivity contribution in [2.24, 2.45) is 23.7 Å². The summed E-state index contributed by atoms with van der Waals surface area (Å²) >= 11 is 0. The van der Waals surface area contributed by atoms with Crippen molar-refractivity contribution in [2.45, 2.75) is 12.8 Å². The van der Waals surface area contributed by atoms with Gasteiger partial charge in [-0.2, -0.15) is 28.8 Å². The zero-order valence-electron chi connectivity index (χ0n) is 46.5. The Morgan fingerprint density at radius 3 is 0.600 bits per heavy atom. The molecule has 0 aliphatic carbocycles. The van der Waals surface area contributed by atoms with Gasteiger partial charge in [0.1, 0.15) is 0 Å². The highest BCUT2D eigenvalue weighted by molar-refractivity contribution is 5.92. The van der Waals surface area contributed by atoms with E-state index in [4.69, 9.17) is 28.4 Å². The molecule has 4 unspecified atom stereocenters. The largest absolute Gasteiger partial charge is 0.549 e. The van der Waals surface area contributed by atoms with Crippen molar-refractivity contribution < 1.29 is 145 Å². The molecule has 0 aliphatic rings. The van der Waals surface area contributed by atoms with Crippen LogP contribution in [0.15, 0.2) is 182 Å². The lowest BCUT2D eigenvalue weighted by molar-refractivity contribution is -0.212. The first kappa shape index (κ1) is 66.9. The Labute approximate surface area is 507 Å². The fourth-order valence-electron chi connectivity index (χ4n) is 7.64. The third-order valence-electron chi connectivity index (χ3n) is 12.0. The summed E-state index contributed by atoms with van der Waals surface area (Å²) in [6.07, 6.45) is -11.4. The van der Waals surface area contributed by atoms with Gasteiger partial charge in [0.05, 0.1) is 73.0 Å². The molecule has 0 aliphatic heterocycles. The van der Waals surface area contributed by atoms with Crippen molar-refractivity contribution in [3.63, 3.8) is 0 Å². The number of hydrogen-bond donors (Lipinski definition) is 0.